The highest BCUT2D eigenvalue weighted by Gasteiger charge is 2.06. The van der Waals surface area contributed by atoms with E-state index in [1.807, 2.05) is 14.0 Å². The maximum absolute atomic E-state index is 5.14. The summed E-state index contributed by atoms with van der Waals surface area (Å²) in [6.07, 6.45) is 1.69. The van der Waals surface area contributed by atoms with Crippen LogP contribution in [0.2, 0.25) is 0 Å². The molecule has 7 heteroatoms. The topological polar surface area (TPSA) is 76.9 Å². The molecule has 0 aliphatic rings. The standard InChI is InChI=1S/C11H16N6O/c1-4-12-11-13-6-5-8(15-11)14-9-7-10(18-3)17(2)16-9/h5-7H,4H2,1-3H3,(H2,12,13,14,15,16). The molecule has 0 radical (unpaired) electrons. The van der Waals surface area contributed by atoms with Crippen molar-refractivity contribution in [3.63, 3.8) is 0 Å². The fourth-order valence-corrected chi connectivity index (χ4v) is 1.51. The average molecular weight is 248 g/mol. The van der Waals surface area contributed by atoms with Gasteiger partial charge in [0.1, 0.15) is 5.82 Å². The zero-order chi connectivity index (χ0) is 13.0. The van der Waals surface area contributed by atoms with Crippen molar-refractivity contribution in [2.45, 2.75) is 6.92 Å². The quantitative estimate of drug-likeness (QED) is 0.832. The number of hydrogen-bond donors (Lipinski definition) is 2. The first-order chi connectivity index (χ1) is 8.72. The van der Waals surface area contributed by atoms with Crippen molar-refractivity contribution in [1.82, 2.24) is 19.7 Å². The molecule has 0 bridgehead atoms. The number of aromatic nitrogens is 4. The Morgan fingerprint density at radius 2 is 2.22 bits per heavy atom. The molecule has 0 atom stereocenters. The summed E-state index contributed by atoms with van der Waals surface area (Å²) in [7, 11) is 3.42. The minimum Gasteiger partial charge on any atom is -0.481 e. The molecule has 0 amide bonds. The van der Waals surface area contributed by atoms with Crippen LogP contribution in [0.4, 0.5) is 17.6 Å². The molecule has 0 aliphatic heterocycles. The van der Waals surface area contributed by atoms with E-state index in [9.17, 15) is 0 Å². The smallest absolute Gasteiger partial charge is 0.224 e. The molecule has 2 aromatic heterocycles. The van der Waals surface area contributed by atoms with Gasteiger partial charge in [-0.3, -0.25) is 0 Å². The molecule has 0 saturated carbocycles. The normalized spacial score (nSPS) is 10.2. The maximum Gasteiger partial charge on any atom is 0.224 e. The molecular formula is C11H16N6O. The molecular weight excluding hydrogens is 232 g/mol. The number of anilines is 3. The van der Waals surface area contributed by atoms with Crippen LogP contribution < -0.4 is 15.4 Å². The Morgan fingerprint density at radius 3 is 2.89 bits per heavy atom. The fraction of sp³-hybridized carbons (Fsp3) is 0.364. The summed E-state index contributed by atoms with van der Waals surface area (Å²) >= 11 is 0. The van der Waals surface area contributed by atoms with Crippen molar-refractivity contribution in [3.8, 4) is 5.88 Å². The summed E-state index contributed by atoms with van der Waals surface area (Å²) in [6.45, 7) is 2.77. The number of methoxy groups -OCH3 is 1. The van der Waals surface area contributed by atoms with Gasteiger partial charge in [-0.15, -0.1) is 0 Å². The van der Waals surface area contributed by atoms with Crippen molar-refractivity contribution in [2.75, 3.05) is 24.3 Å². The van der Waals surface area contributed by atoms with E-state index in [2.05, 4.69) is 25.7 Å². The Morgan fingerprint density at radius 1 is 1.39 bits per heavy atom. The number of aryl methyl sites for hydroxylation is 1. The number of ether oxygens (including phenoxy) is 1. The van der Waals surface area contributed by atoms with Crippen LogP contribution in [0.5, 0.6) is 5.88 Å². The van der Waals surface area contributed by atoms with Crippen LogP contribution in [-0.2, 0) is 7.05 Å². The van der Waals surface area contributed by atoms with E-state index in [-0.39, 0.29) is 0 Å². The number of nitrogens with zero attached hydrogens (tertiary/aromatic N) is 4. The van der Waals surface area contributed by atoms with Gasteiger partial charge in [-0.2, -0.15) is 10.1 Å². The second kappa shape index (κ2) is 5.35. The van der Waals surface area contributed by atoms with Crippen LogP contribution in [0.25, 0.3) is 0 Å². The van der Waals surface area contributed by atoms with Gasteiger partial charge in [0.2, 0.25) is 11.8 Å². The van der Waals surface area contributed by atoms with E-state index in [4.69, 9.17) is 4.74 Å². The lowest BCUT2D eigenvalue weighted by Gasteiger charge is -2.04. The molecule has 7 nitrogen and oxygen atoms in total. The van der Waals surface area contributed by atoms with E-state index >= 15 is 0 Å². The first-order valence-electron chi connectivity index (χ1n) is 5.65. The highest BCUT2D eigenvalue weighted by Crippen LogP contribution is 2.18. The van der Waals surface area contributed by atoms with Gasteiger partial charge in [-0.1, -0.05) is 0 Å². The van der Waals surface area contributed by atoms with Gasteiger partial charge < -0.3 is 15.4 Å². The third-order valence-electron chi connectivity index (χ3n) is 2.29. The first-order valence-corrected chi connectivity index (χ1v) is 5.65. The second-order valence-corrected chi connectivity index (χ2v) is 3.62. The average Bonchev–Trinajstić information content (AvgIpc) is 2.70. The Balaban J connectivity index is 2.14. The van der Waals surface area contributed by atoms with E-state index < -0.39 is 0 Å². The molecule has 0 unspecified atom stereocenters. The molecule has 0 saturated heterocycles. The van der Waals surface area contributed by atoms with Gasteiger partial charge in [0.05, 0.1) is 7.11 Å². The lowest BCUT2D eigenvalue weighted by molar-refractivity contribution is 0.373. The third-order valence-corrected chi connectivity index (χ3v) is 2.29. The van der Waals surface area contributed by atoms with Crippen LogP contribution in [0.1, 0.15) is 6.92 Å². The largest absolute Gasteiger partial charge is 0.481 e. The third kappa shape index (κ3) is 2.68. The highest BCUT2D eigenvalue weighted by atomic mass is 16.5. The lowest BCUT2D eigenvalue weighted by atomic mass is 10.5. The van der Waals surface area contributed by atoms with Crippen molar-refractivity contribution in [2.24, 2.45) is 7.05 Å². The summed E-state index contributed by atoms with van der Waals surface area (Å²) in [4.78, 5) is 8.40. The fourth-order valence-electron chi connectivity index (χ4n) is 1.51. The van der Waals surface area contributed by atoms with E-state index in [1.165, 1.54) is 0 Å². The zero-order valence-electron chi connectivity index (χ0n) is 10.6. The summed E-state index contributed by atoms with van der Waals surface area (Å²) < 4.78 is 6.79. The van der Waals surface area contributed by atoms with Crippen molar-refractivity contribution in [1.29, 1.82) is 0 Å². The number of rotatable bonds is 5. The Labute approximate surface area is 105 Å². The van der Waals surface area contributed by atoms with Gasteiger partial charge in [0, 0.05) is 25.9 Å². The van der Waals surface area contributed by atoms with Gasteiger partial charge in [0.15, 0.2) is 5.82 Å². The van der Waals surface area contributed by atoms with Crippen molar-refractivity contribution in [3.05, 3.63) is 18.3 Å². The van der Waals surface area contributed by atoms with Crippen LogP contribution in [0, 0.1) is 0 Å². The molecule has 18 heavy (non-hydrogen) atoms. The van der Waals surface area contributed by atoms with E-state index in [1.54, 1.807) is 30.1 Å². The Bertz CT molecular complexity index is 524. The monoisotopic (exact) mass is 248 g/mol. The Hall–Kier alpha value is -2.31. The first kappa shape index (κ1) is 12.2. The predicted octanol–water partition coefficient (Wildman–Crippen LogP) is 1.39. The molecule has 0 spiro atoms. The maximum atomic E-state index is 5.14. The van der Waals surface area contributed by atoms with Crippen LogP contribution >= 0.6 is 0 Å². The number of hydrogen-bond acceptors (Lipinski definition) is 6. The molecule has 2 rings (SSSR count). The van der Waals surface area contributed by atoms with E-state index in [0.717, 1.165) is 6.54 Å². The van der Waals surface area contributed by atoms with E-state index in [0.29, 0.717) is 23.5 Å². The summed E-state index contributed by atoms with van der Waals surface area (Å²) in [5, 5.41) is 10.4. The highest BCUT2D eigenvalue weighted by molar-refractivity contribution is 5.53. The summed E-state index contributed by atoms with van der Waals surface area (Å²) in [5.74, 6) is 2.63. The lowest BCUT2D eigenvalue weighted by Crippen LogP contribution is -2.04. The predicted molar refractivity (Wildman–Crippen MR) is 69.2 cm³/mol. The zero-order valence-corrected chi connectivity index (χ0v) is 10.6. The Kier molecular flexibility index (Phi) is 3.61. The molecule has 2 aromatic rings. The van der Waals surface area contributed by atoms with Crippen LogP contribution in [0.3, 0.4) is 0 Å². The minimum atomic E-state index is 0.588. The summed E-state index contributed by atoms with van der Waals surface area (Å²) in [6, 6.07) is 3.58. The van der Waals surface area contributed by atoms with Crippen molar-refractivity contribution >= 4 is 17.6 Å². The number of nitrogens with one attached hydrogen (secondary N) is 2. The molecule has 2 heterocycles. The molecule has 0 aliphatic carbocycles. The molecule has 2 N–H and O–H groups in total. The molecule has 0 fully saturated rings. The molecule has 0 aromatic carbocycles. The summed E-state index contributed by atoms with van der Waals surface area (Å²) in [5.41, 5.74) is 0. The minimum absolute atomic E-state index is 0.588. The van der Waals surface area contributed by atoms with Gasteiger partial charge >= 0.3 is 0 Å². The van der Waals surface area contributed by atoms with Gasteiger partial charge in [0.25, 0.3) is 0 Å². The van der Waals surface area contributed by atoms with Gasteiger partial charge in [-0.05, 0) is 13.0 Å². The molecule has 96 valence electrons. The van der Waals surface area contributed by atoms with Gasteiger partial charge in [-0.25, -0.2) is 9.67 Å². The van der Waals surface area contributed by atoms with Crippen LogP contribution in [-0.4, -0.2) is 33.4 Å². The van der Waals surface area contributed by atoms with Crippen molar-refractivity contribution < 1.29 is 4.74 Å². The second-order valence-electron chi connectivity index (χ2n) is 3.62. The SMILES string of the molecule is CCNc1nccc(Nc2cc(OC)n(C)n2)n1. The van der Waals surface area contributed by atoms with Crippen LogP contribution in [0.15, 0.2) is 18.3 Å².